The zero-order valence-corrected chi connectivity index (χ0v) is 16.6. The number of nitrogens with zero attached hydrogens (tertiary/aromatic N) is 2. The lowest BCUT2D eigenvalue weighted by Gasteiger charge is -2.14. The number of benzene rings is 2. The molecule has 28 heavy (non-hydrogen) atoms. The van der Waals surface area contributed by atoms with Gasteiger partial charge in [0.2, 0.25) is 10.0 Å². The summed E-state index contributed by atoms with van der Waals surface area (Å²) in [5, 5.41) is 0. The summed E-state index contributed by atoms with van der Waals surface area (Å²) in [6.07, 6.45) is 3.78. The first-order valence-corrected chi connectivity index (χ1v) is 10.1. The molecular formula is C20H21F2N3O2S. The molecular weight excluding hydrogens is 384 g/mol. The molecule has 0 radical (unpaired) electrons. The maximum Gasteiger partial charge on any atom is 0.270 e. The number of imidazole rings is 1. The van der Waals surface area contributed by atoms with E-state index in [0.29, 0.717) is 23.2 Å². The third-order valence-electron chi connectivity index (χ3n) is 4.47. The summed E-state index contributed by atoms with van der Waals surface area (Å²) in [5.74, 6) is -2.93. The summed E-state index contributed by atoms with van der Waals surface area (Å²) in [6, 6.07) is 11.0. The highest BCUT2D eigenvalue weighted by Gasteiger charge is 2.24. The van der Waals surface area contributed by atoms with Gasteiger partial charge < -0.3 is 4.57 Å². The van der Waals surface area contributed by atoms with Crippen LogP contribution in [0.15, 0.2) is 59.9 Å². The van der Waals surface area contributed by atoms with Crippen LogP contribution in [0.5, 0.6) is 0 Å². The van der Waals surface area contributed by atoms with Gasteiger partial charge in [-0.3, -0.25) is 0 Å². The molecule has 2 aromatic carbocycles. The predicted octanol–water partition coefficient (Wildman–Crippen LogP) is 3.70. The first-order chi connectivity index (χ1) is 13.1. The molecule has 148 valence electrons. The SMILES string of the molecule is CNS(=O)(=O)c1ccc(Cc2cccc(C(C)(F)F)c2)c(-c2cn(C)cn2)c1. The fourth-order valence-corrected chi connectivity index (χ4v) is 3.72. The lowest BCUT2D eigenvalue weighted by molar-refractivity contribution is 0.0174. The van der Waals surface area contributed by atoms with E-state index in [0.717, 1.165) is 12.5 Å². The second-order valence-corrected chi connectivity index (χ2v) is 8.60. The van der Waals surface area contributed by atoms with Gasteiger partial charge in [-0.15, -0.1) is 0 Å². The van der Waals surface area contributed by atoms with Gasteiger partial charge in [0.15, 0.2) is 0 Å². The Morgan fingerprint density at radius 1 is 1.18 bits per heavy atom. The number of rotatable bonds is 6. The normalized spacial score (nSPS) is 12.3. The van der Waals surface area contributed by atoms with Crippen molar-refractivity contribution in [3.63, 3.8) is 0 Å². The van der Waals surface area contributed by atoms with Crippen LogP contribution in [-0.4, -0.2) is 25.0 Å². The molecule has 0 amide bonds. The Kier molecular flexibility index (Phi) is 5.36. The largest absolute Gasteiger partial charge is 0.340 e. The van der Waals surface area contributed by atoms with Gasteiger partial charge in [0, 0.05) is 31.3 Å². The molecule has 0 aliphatic rings. The van der Waals surface area contributed by atoms with Crippen LogP contribution in [0, 0.1) is 0 Å². The van der Waals surface area contributed by atoms with Crippen molar-refractivity contribution in [3.8, 4) is 11.3 Å². The third kappa shape index (κ3) is 4.28. The first kappa shape index (κ1) is 20.2. The molecule has 1 N–H and O–H groups in total. The third-order valence-corrected chi connectivity index (χ3v) is 5.88. The summed E-state index contributed by atoms with van der Waals surface area (Å²) in [6.45, 7) is 0.864. The van der Waals surface area contributed by atoms with Crippen molar-refractivity contribution in [1.29, 1.82) is 0 Å². The summed E-state index contributed by atoms with van der Waals surface area (Å²) in [5.41, 5.74) is 2.71. The summed E-state index contributed by atoms with van der Waals surface area (Å²) < 4.78 is 55.8. The Morgan fingerprint density at radius 3 is 2.54 bits per heavy atom. The minimum atomic E-state index is -3.62. The Balaban J connectivity index is 2.08. The highest BCUT2D eigenvalue weighted by molar-refractivity contribution is 7.89. The van der Waals surface area contributed by atoms with Gasteiger partial charge in [0.1, 0.15) is 0 Å². The summed E-state index contributed by atoms with van der Waals surface area (Å²) in [7, 11) is -0.457. The van der Waals surface area contributed by atoms with Gasteiger partial charge >= 0.3 is 0 Å². The van der Waals surface area contributed by atoms with E-state index in [4.69, 9.17) is 0 Å². The molecule has 0 saturated carbocycles. The molecule has 3 rings (SSSR count). The number of alkyl halides is 2. The molecule has 0 fully saturated rings. The second-order valence-electron chi connectivity index (χ2n) is 6.72. The van der Waals surface area contributed by atoms with Crippen LogP contribution in [0.1, 0.15) is 23.6 Å². The van der Waals surface area contributed by atoms with E-state index in [2.05, 4.69) is 9.71 Å². The molecule has 0 bridgehead atoms. The van der Waals surface area contributed by atoms with Crippen LogP contribution in [0.2, 0.25) is 0 Å². The van der Waals surface area contributed by atoms with Gasteiger partial charge in [-0.2, -0.15) is 0 Å². The van der Waals surface area contributed by atoms with Crippen molar-refractivity contribution < 1.29 is 17.2 Å². The minimum absolute atomic E-state index is 0.0567. The van der Waals surface area contributed by atoms with E-state index in [9.17, 15) is 17.2 Å². The number of sulfonamides is 1. The van der Waals surface area contributed by atoms with Crippen molar-refractivity contribution >= 4 is 10.0 Å². The summed E-state index contributed by atoms with van der Waals surface area (Å²) >= 11 is 0. The number of halogens is 2. The van der Waals surface area contributed by atoms with Crippen molar-refractivity contribution in [2.75, 3.05) is 7.05 Å². The zero-order chi connectivity index (χ0) is 20.5. The lowest BCUT2D eigenvalue weighted by Crippen LogP contribution is -2.18. The molecule has 1 aromatic heterocycles. The topological polar surface area (TPSA) is 64.0 Å². The van der Waals surface area contributed by atoms with E-state index in [-0.39, 0.29) is 10.5 Å². The molecule has 0 atom stereocenters. The average molecular weight is 405 g/mol. The summed E-state index contributed by atoms with van der Waals surface area (Å²) in [4.78, 5) is 4.44. The number of nitrogens with one attached hydrogen (secondary N) is 1. The van der Waals surface area contributed by atoms with Gasteiger partial charge in [-0.25, -0.2) is 26.9 Å². The van der Waals surface area contributed by atoms with Crippen molar-refractivity contribution in [3.05, 3.63) is 71.7 Å². The number of aromatic nitrogens is 2. The highest BCUT2D eigenvalue weighted by Crippen LogP contribution is 2.30. The van der Waals surface area contributed by atoms with Crippen LogP contribution in [0.3, 0.4) is 0 Å². The van der Waals surface area contributed by atoms with Crippen LogP contribution in [0.25, 0.3) is 11.3 Å². The maximum atomic E-state index is 13.7. The fraction of sp³-hybridized carbons (Fsp3) is 0.250. The Morgan fingerprint density at radius 2 is 1.93 bits per heavy atom. The van der Waals surface area contributed by atoms with E-state index in [1.54, 1.807) is 41.4 Å². The van der Waals surface area contributed by atoms with Crippen molar-refractivity contribution in [2.24, 2.45) is 7.05 Å². The highest BCUT2D eigenvalue weighted by atomic mass is 32.2. The van der Waals surface area contributed by atoms with Gasteiger partial charge in [-0.05, 0) is 42.8 Å². The van der Waals surface area contributed by atoms with Gasteiger partial charge in [0.25, 0.3) is 5.92 Å². The van der Waals surface area contributed by atoms with Crippen LogP contribution in [0.4, 0.5) is 8.78 Å². The molecule has 8 heteroatoms. The van der Waals surface area contributed by atoms with Crippen molar-refractivity contribution in [1.82, 2.24) is 14.3 Å². The zero-order valence-electron chi connectivity index (χ0n) is 15.8. The minimum Gasteiger partial charge on any atom is -0.340 e. The molecule has 1 heterocycles. The molecule has 0 saturated heterocycles. The van der Waals surface area contributed by atoms with E-state index >= 15 is 0 Å². The number of hydrogen-bond donors (Lipinski definition) is 1. The quantitative estimate of drug-likeness (QED) is 0.680. The first-order valence-electron chi connectivity index (χ1n) is 8.62. The smallest absolute Gasteiger partial charge is 0.270 e. The average Bonchev–Trinajstić information content (AvgIpc) is 3.07. The number of hydrogen-bond acceptors (Lipinski definition) is 3. The van der Waals surface area contributed by atoms with Gasteiger partial charge in [-0.1, -0.05) is 24.3 Å². The molecule has 0 aliphatic heterocycles. The Bertz CT molecular complexity index is 1100. The molecule has 0 aliphatic carbocycles. The predicted molar refractivity (Wildman–Crippen MR) is 104 cm³/mol. The monoisotopic (exact) mass is 405 g/mol. The standard InChI is InChI=1S/C20H21F2N3O2S/c1-20(21,22)16-6-4-5-14(10-16)9-15-7-8-17(28(26,27)23-2)11-18(15)19-12-25(3)13-24-19/h4-8,10-13,23H,9H2,1-3H3. The van der Waals surface area contributed by atoms with Crippen LogP contribution in [-0.2, 0) is 29.4 Å². The number of aryl methyl sites for hydroxylation is 1. The van der Waals surface area contributed by atoms with E-state index in [1.807, 2.05) is 7.05 Å². The van der Waals surface area contributed by atoms with E-state index < -0.39 is 15.9 Å². The second kappa shape index (κ2) is 7.44. The lowest BCUT2D eigenvalue weighted by atomic mass is 9.96. The Hall–Kier alpha value is -2.58. The Labute approximate surface area is 163 Å². The molecule has 3 aromatic rings. The molecule has 5 nitrogen and oxygen atoms in total. The van der Waals surface area contributed by atoms with Crippen molar-refractivity contribution in [2.45, 2.75) is 24.2 Å². The molecule has 0 unspecified atom stereocenters. The molecule has 0 spiro atoms. The van der Waals surface area contributed by atoms with Gasteiger partial charge in [0.05, 0.1) is 16.9 Å². The fourth-order valence-electron chi connectivity index (χ4n) is 2.96. The maximum absolute atomic E-state index is 13.7. The van der Waals surface area contributed by atoms with Crippen LogP contribution >= 0.6 is 0 Å². The van der Waals surface area contributed by atoms with E-state index in [1.165, 1.54) is 25.2 Å². The van der Waals surface area contributed by atoms with Crippen LogP contribution < -0.4 is 4.72 Å².